The molecule has 0 bridgehead atoms. The molecule has 0 aliphatic carbocycles. The minimum absolute atomic E-state index is 0.0557. The van der Waals surface area contributed by atoms with Gasteiger partial charge in [0.2, 0.25) is 0 Å². The molecule has 0 radical (unpaired) electrons. The summed E-state index contributed by atoms with van der Waals surface area (Å²) in [4.78, 5) is 24.4. The monoisotopic (exact) mass is 365 g/mol. The fourth-order valence-electron chi connectivity index (χ4n) is 2.77. The molecular formula is C19H27NO6. The highest BCUT2D eigenvalue weighted by molar-refractivity contribution is 5.97. The molecule has 1 aliphatic heterocycles. The summed E-state index contributed by atoms with van der Waals surface area (Å²) in [5, 5.41) is 12.4. The molecule has 7 heteroatoms. The molecule has 1 amide bonds. The zero-order valence-electron chi connectivity index (χ0n) is 15.5. The van der Waals surface area contributed by atoms with Gasteiger partial charge in [-0.05, 0) is 30.9 Å². The standard InChI is InChI=1S/C19H27NO6/c1-13(2)11-26-16-10-14(24-3)4-5-15(16)17(21)20-12-19(18(22)23)6-8-25-9-7-19/h4-5,10,13H,6-9,11-12H2,1-3H3,(H,20,21)(H,22,23). The van der Waals surface area contributed by atoms with Gasteiger partial charge < -0.3 is 24.6 Å². The summed E-state index contributed by atoms with van der Waals surface area (Å²) in [6, 6.07) is 4.97. The predicted octanol–water partition coefficient (Wildman–Crippen LogP) is 2.34. The van der Waals surface area contributed by atoms with Crippen molar-refractivity contribution in [2.24, 2.45) is 11.3 Å². The summed E-state index contributed by atoms with van der Waals surface area (Å²) in [5.41, 5.74) is -0.627. The summed E-state index contributed by atoms with van der Waals surface area (Å²) in [7, 11) is 1.54. The third-order valence-electron chi connectivity index (χ3n) is 4.50. The van der Waals surface area contributed by atoms with Crippen molar-refractivity contribution in [3.63, 3.8) is 0 Å². The van der Waals surface area contributed by atoms with Crippen LogP contribution in [0.15, 0.2) is 18.2 Å². The fourth-order valence-corrected chi connectivity index (χ4v) is 2.77. The number of benzene rings is 1. The smallest absolute Gasteiger partial charge is 0.311 e. The second-order valence-corrected chi connectivity index (χ2v) is 6.95. The lowest BCUT2D eigenvalue weighted by Crippen LogP contribution is -2.46. The molecule has 1 heterocycles. The number of carboxylic acids is 1. The zero-order chi connectivity index (χ0) is 19.2. The lowest BCUT2D eigenvalue weighted by molar-refractivity contribution is -0.154. The lowest BCUT2D eigenvalue weighted by atomic mass is 9.80. The van der Waals surface area contributed by atoms with Gasteiger partial charge in [-0.3, -0.25) is 9.59 Å². The molecule has 0 atom stereocenters. The van der Waals surface area contributed by atoms with Crippen LogP contribution in [0.4, 0.5) is 0 Å². The number of nitrogens with one attached hydrogen (secondary N) is 1. The Morgan fingerprint density at radius 1 is 1.31 bits per heavy atom. The van der Waals surface area contributed by atoms with Crippen molar-refractivity contribution in [1.82, 2.24) is 5.32 Å². The fraction of sp³-hybridized carbons (Fsp3) is 0.579. The zero-order valence-corrected chi connectivity index (χ0v) is 15.5. The Kier molecular flexibility index (Phi) is 6.85. The summed E-state index contributed by atoms with van der Waals surface area (Å²) in [6.45, 7) is 5.31. The molecular weight excluding hydrogens is 338 g/mol. The van der Waals surface area contributed by atoms with Gasteiger partial charge in [-0.25, -0.2) is 0 Å². The van der Waals surface area contributed by atoms with E-state index in [9.17, 15) is 14.7 Å². The van der Waals surface area contributed by atoms with E-state index in [1.54, 1.807) is 25.3 Å². The van der Waals surface area contributed by atoms with Gasteiger partial charge in [0.05, 0.1) is 24.7 Å². The minimum atomic E-state index is -0.987. The molecule has 1 aromatic carbocycles. The van der Waals surface area contributed by atoms with Gasteiger partial charge >= 0.3 is 5.97 Å². The van der Waals surface area contributed by atoms with Gasteiger partial charge in [-0.2, -0.15) is 0 Å². The topological polar surface area (TPSA) is 94.1 Å². The number of ether oxygens (including phenoxy) is 3. The molecule has 1 aromatic rings. The van der Waals surface area contributed by atoms with Crippen LogP contribution in [0.3, 0.4) is 0 Å². The number of rotatable bonds is 8. The molecule has 2 rings (SSSR count). The third-order valence-corrected chi connectivity index (χ3v) is 4.50. The highest BCUT2D eigenvalue weighted by Gasteiger charge is 2.40. The summed E-state index contributed by atoms with van der Waals surface area (Å²) < 4.78 is 16.2. The quantitative estimate of drug-likeness (QED) is 0.734. The van der Waals surface area contributed by atoms with Gasteiger partial charge in [0.15, 0.2) is 0 Å². The van der Waals surface area contributed by atoms with Crippen molar-refractivity contribution >= 4 is 11.9 Å². The number of hydrogen-bond acceptors (Lipinski definition) is 5. The van der Waals surface area contributed by atoms with E-state index in [1.807, 2.05) is 13.8 Å². The first-order valence-electron chi connectivity index (χ1n) is 8.78. The predicted molar refractivity (Wildman–Crippen MR) is 95.8 cm³/mol. The first-order chi connectivity index (χ1) is 12.4. The second-order valence-electron chi connectivity index (χ2n) is 6.95. The summed E-state index contributed by atoms with van der Waals surface area (Å²) >= 11 is 0. The van der Waals surface area contributed by atoms with Crippen LogP contribution in [0.5, 0.6) is 11.5 Å². The van der Waals surface area contributed by atoms with Crippen molar-refractivity contribution in [2.75, 3.05) is 33.5 Å². The Balaban J connectivity index is 2.13. The number of carboxylic acid groups (broad SMARTS) is 1. The van der Waals surface area contributed by atoms with Crippen LogP contribution in [0, 0.1) is 11.3 Å². The normalized spacial score (nSPS) is 16.2. The third kappa shape index (κ3) is 4.88. The number of hydrogen-bond donors (Lipinski definition) is 2. The Morgan fingerprint density at radius 3 is 2.58 bits per heavy atom. The van der Waals surface area contributed by atoms with E-state index in [1.165, 1.54) is 0 Å². The van der Waals surface area contributed by atoms with Crippen molar-refractivity contribution < 1.29 is 28.9 Å². The van der Waals surface area contributed by atoms with Crippen LogP contribution in [0.2, 0.25) is 0 Å². The largest absolute Gasteiger partial charge is 0.497 e. The molecule has 1 fully saturated rings. The van der Waals surface area contributed by atoms with Crippen LogP contribution >= 0.6 is 0 Å². The molecule has 0 unspecified atom stereocenters. The van der Waals surface area contributed by atoms with Crippen LogP contribution in [-0.2, 0) is 9.53 Å². The Hall–Kier alpha value is -2.28. The van der Waals surface area contributed by atoms with Crippen molar-refractivity contribution in [1.29, 1.82) is 0 Å². The number of carbonyl (C=O) groups is 2. The highest BCUT2D eigenvalue weighted by Crippen LogP contribution is 2.31. The van der Waals surface area contributed by atoms with E-state index in [0.717, 1.165) is 0 Å². The molecule has 0 saturated carbocycles. The maximum Gasteiger partial charge on any atom is 0.311 e. The van der Waals surface area contributed by atoms with Crippen molar-refractivity contribution in [3.05, 3.63) is 23.8 Å². The van der Waals surface area contributed by atoms with Gasteiger partial charge in [0.25, 0.3) is 5.91 Å². The van der Waals surface area contributed by atoms with Gasteiger partial charge in [0, 0.05) is 25.8 Å². The first kappa shape index (κ1) is 20.0. The second kappa shape index (κ2) is 8.89. The lowest BCUT2D eigenvalue weighted by Gasteiger charge is -2.33. The van der Waals surface area contributed by atoms with E-state index in [-0.39, 0.29) is 12.5 Å². The molecule has 2 N–H and O–H groups in total. The molecule has 26 heavy (non-hydrogen) atoms. The maximum absolute atomic E-state index is 12.7. The molecule has 0 spiro atoms. The van der Waals surface area contributed by atoms with Crippen molar-refractivity contribution in [3.8, 4) is 11.5 Å². The van der Waals surface area contributed by atoms with E-state index in [2.05, 4.69) is 5.32 Å². The summed E-state index contributed by atoms with van der Waals surface area (Å²) in [6.07, 6.45) is 0.754. The number of carbonyl (C=O) groups excluding carboxylic acids is 1. The highest BCUT2D eigenvalue weighted by atomic mass is 16.5. The Morgan fingerprint density at radius 2 is 2.00 bits per heavy atom. The van der Waals surface area contributed by atoms with Gasteiger partial charge in [-0.15, -0.1) is 0 Å². The molecule has 1 saturated heterocycles. The van der Waals surface area contributed by atoms with E-state index < -0.39 is 11.4 Å². The number of methoxy groups -OCH3 is 1. The first-order valence-corrected chi connectivity index (χ1v) is 8.78. The van der Waals surface area contributed by atoms with Gasteiger partial charge in [-0.1, -0.05) is 13.8 Å². The molecule has 7 nitrogen and oxygen atoms in total. The van der Waals surface area contributed by atoms with Crippen LogP contribution in [0.25, 0.3) is 0 Å². The van der Waals surface area contributed by atoms with Crippen LogP contribution in [0.1, 0.15) is 37.0 Å². The Labute approximate surface area is 153 Å². The van der Waals surface area contributed by atoms with E-state index in [0.29, 0.717) is 55.6 Å². The van der Waals surface area contributed by atoms with Crippen LogP contribution < -0.4 is 14.8 Å². The minimum Gasteiger partial charge on any atom is -0.497 e. The summed E-state index contributed by atoms with van der Waals surface area (Å²) in [5.74, 6) is 0.0407. The Bertz CT molecular complexity index is 637. The van der Waals surface area contributed by atoms with Gasteiger partial charge in [0.1, 0.15) is 11.5 Å². The molecule has 144 valence electrons. The van der Waals surface area contributed by atoms with E-state index in [4.69, 9.17) is 14.2 Å². The average Bonchev–Trinajstić information content (AvgIpc) is 2.64. The molecule has 0 aromatic heterocycles. The molecule has 1 aliphatic rings. The van der Waals surface area contributed by atoms with Crippen LogP contribution in [-0.4, -0.2) is 50.5 Å². The number of amides is 1. The van der Waals surface area contributed by atoms with Crippen molar-refractivity contribution in [2.45, 2.75) is 26.7 Å². The van der Waals surface area contributed by atoms with E-state index >= 15 is 0 Å². The maximum atomic E-state index is 12.7. The average molecular weight is 365 g/mol. The SMILES string of the molecule is COc1ccc(C(=O)NCC2(C(=O)O)CCOCC2)c(OCC(C)C)c1. The number of aliphatic carboxylic acids is 1.